The van der Waals surface area contributed by atoms with E-state index in [1.807, 2.05) is 0 Å². The van der Waals surface area contributed by atoms with Crippen LogP contribution in [0.3, 0.4) is 0 Å². The summed E-state index contributed by atoms with van der Waals surface area (Å²) in [6, 6.07) is 4.87. The maximum atomic E-state index is 13.5. The molecule has 0 heterocycles. The molecule has 0 spiro atoms. The van der Waals surface area contributed by atoms with Gasteiger partial charge in [-0.2, -0.15) is 0 Å². The zero-order valence-electron chi connectivity index (χ0n) is 8.09. The Morgan fingerprint density at radius 1 is 1.47 bits per heavy atom. The van der Waals surface area contributed by atoms with Crippen molar-refractivity contribution >= 4 is 27.5 Å². The minimum absolute atomic E-state index is 0.0711. The average Bonchev–Trinajstić information content (AvgIpc) is 2.10. The Bertz CT molecular complexity index is 390. The van der Waals surface area contributed by atoms with E-state index in [4.69, 9.17) is 0 Å². The molecule has 4 heteroatoms. The largest absolute Gasteiger partial charge is 0.323 e. The van der Waals surface area contributed by atoms with Crippen molar-refractivity contribution in [3.63, 3.8) is 0 Å². The van der Waals surface area contributed by atoms with Gasteiger partial charge in [0, 0.05) is 5.92 Å². The molecule has 1 aromatic carbocycles. The number of carbonyl (C=O) groups is 1. The van der Waals surface area contributed by atoms with Gasteiger partial charge < -0.3 is 5.32 Å². The highest BCUT2D eigenvalue weighted by Gasteiger charge is 2.25. The molecular weight excluding hydrogens is 261 g/mol. The van der Waals surface area contributed by atoms with E-state index in [1.165, 1.54) is 0 Å². The molecule has 15 heavy (non-hydrogen) atoms. The molecule has 0 atom stereocenters. The van der Waals surface area contributed by atoms with E-state index in [-0.39, 0.29) is 17.5 Å². The molecule has 0 aliphatic heterocycles. The highest BCUT2D eigenvalue weighted by atomic mass is 79.9. The molecule has 0 bridgehead atoms. The summed E-state index contributed by atoms with van der Waals surface area (Å²) in [6.45, 7) is 0. The maximum absolute atomic E-state index is 13.5. The van der Waals surface area contributed by atoms with Crippen LogP contribution in [0.5, 0.6) is 0 Å². The van der Waals surface area contributed by atoms with Crippen LogP contribution in [0.15, 0.2) is 22.7 Å². The van der Waals surface area contributed by atoms with Gasteiger partial charge in [-0.1, -0.05) is 12.5 Å². The molecule has 1 aromatic rings. The van der Waals surface area contributed by atoms with Crippen molar-refractivity contribution in [1.82, 2.24) is 0 Å². The van der Waals surface area contributed by atoms with Crippen LogP contribution >= 0.6 is 15.9 Å². The minimum Gasteiger partial charge on any atom is -0.323 e. The fourth-order valence-corrected chi connectivity index (χ4v) is 1.87. The van der Waals surface area contributed by atoms with Crippen molar-refractivity contribution in [3.8, 4) is 0 Å². The highest BCUT2D eigenvalue weighted by Crippen LogP contribution is 2.29. The van der Waals surface area contributed by atoms with Gasteiger partial charge >= 0.3 is 0 Å². The lowest BCUT2D eigenvalue weighted by Crippen LogP contribution is -2.28. The minimum atomic E-state index is -0.412. The third kappa shape index (κ3) is 2.20. The molecule has 0 saturated heterocycles. The summed E-state index contributed by atoms with van der Waals surface area (Å²) in [5, 5.41) is 2.61. The molecule has 1 saturated carbocycles. The van der Waals surface area contributed by atoms with Gasteiger partial charge in [0.1, 0.15) is 0 Å². The second-order valence-corrected chi connectivity index (χ2v) is 4.57. The number of rotatable bonds is 2. The fourth-order valence-electron chi connectivity index (χ4n) is 1.51. The van der Waals surface area contributed by atoms with Gasteiger partial charge in [-0.25, -0.2) is 4.39 Å². The Labute approximate surface area is 96.0 Å². The first-order chi connectivity index (χ1) is 7.18. The number of anilines is 1. The van der Waals surface area contributed by atoms with Crippen LogP contribution in [0.2, 0.25) is 0 Å². The number of nitrogens with one attached hydrogen (secondary N) is 1. The van der Waals surface area contributed by atoms with Gasteiger partial charge in [-0.3, -0.25) is 4.79 Å². The molecule has 1 aliphatic carbocycles. The molecule has 2 rings (SSSR count). The highest BCUT2D eigenvalue weighted by molar-refractivity contribution is 9.10. The number of hydrogen-bond acceptors (Lipinski definition) is 1. The Morgan fingerprint density at radius 2 is 2.20 bits per heavy atom. The van der Waals surface area contributed by atoms with Gasteiger partial charge in [0.15, 0.2) is 5.82 Å². The lowest BCUT2D eigenvalue weighted by molar-refractivity contribution is -0.122. The lowest BCUT2D eigenvalue weighted by Gasteiger charge is -2.24. The maximum Gasteiger partial charge on any atom is 0.227 e. The predicted molar refractivity (Wildman–Crippen MR) is 60.1 cm³/mol. The topological polar surface area (TPSA) is 29.1 Å². The SMILES string of the molecule is O=C(Nc1cccc(Br)c1F)C1CCC1. The summed E-state index contributed by atoms with van der Waals surface area (Å²) < 4.78 is 13.9. The molecular formula is C11H11BrFNO. The number of amides is 1. The fraction of sp³-hybridized carbons (Fsp3) is 0.364. The summed E-state index contributed by atoms with van der Waals surface area (Å²) in [5.41, 5.74) is 0.251. The Kier molecular flexibility index (Phi) is 3.05. The van der Waals surface area contributed by atoms with Crippen molar-refractivity contribution < 1.29 is 9.18 Å². The normalized spacial score (nSPS) is 15.9. The molecule has 2 nitrogen and oxygen atoms in total. The molecule has 1 N–H and O–H groups in total. The number of halogens is 2. The van der Waals surface area contributed by atoms with Gasteiger partial charge in [-0.15, -0.1) is 0 Å². The van der Waals surface area contributed by atoms with Crippen LogP contribution in [0.1, 0.15) is 19.3 Å². The summed E-state index contributed by atoms with van der Waals surface area (Å²) in [7, 11) is 0. The molecule has 1 fully saturated rings. The van der Waals surface area contributed by atoms with E-state index < -0.39 is 5.82 Å². The standard InChI is InChI=1S/C11H11BrFNO/c12-8-5-2-6-9(10(8)13)14-11(15)7-3-1-4-7/h2,5-7H,1,3-4H2,(H,14,15). The van der Waals surface area contributed by atoms with Crippen LogP contribution in [-0.4, -0.2) is 5.91 Å². The number of benzene rings is 1. The van der Waals surface area contributed by atoms with E-state index in [0.717, 1.165) is 19.3 Å². The molecule has 80 valence electrons. The zero-order valence-corrected chi connectivity index (χ0v) is 9.68. The summed E-state index contributed by atoms with van der Waals surface area (Å²) >= 11 is 3.08. The van der Waals surface area contributed by atoms with Crippen LogP contribution < -0.4 is 5.32 Å². The third-order valence-electron chi connectivity index (χ3n) is 2.69. The van der Waals surface area contributed by atoms with Gasteiger partial charge in [0.05, 0.1) is 10.2 Å². The lowest BCUT2D eigenvalue weighted by atomic mass is 9.85. The smallest absolute Gasteiger partial charge is 0.227 e. The van der Waals surface area contributed by atoms with Crippen molar-refractivity contribution in [2.24, 2.45) is 5.92 Å². The Morgan fingerprint density at radius 3 is 2.80 bits per heavy atom. The van der Waals surface area contributed by atoms with Crippen LogP contribution in [-0.2, 0) is 4.79 Å². The van der Waals surface area contributed by atoms with Crippen LogP contribution in [0.4, 0.5) is 10.1 Å². The summed E-state index contributed by atoms with van der Waals surface area (Å²) in [5.74, 6) is -0.410. The first-order valence-corrected chi connectivity index (χ1v) is 5.72. The molecule has 1 aliphatic rings. The second kappa shape index (κ2) is 4.31. The van der Waals surface area contributed by atoms with Crippen molar-refractivity contribution in [1.29, 1.82) is 0 Å². The van der Waals surface area contributed by atoms with E-state index in [9.17, 15) is 9.18 Å². The second-order valence-electron chi connectivity index (χ2n) is 3.72. The molecule has 0 aromatic heterocycles. The Hall–Kier alpha value is -0.900. The number of hydrogen-bond donors (Lipinski definition) is 1. The quantitative estimate of drug-likeness (QED) is 0.879. The average molecular weight is 272 g/mol. The van der Waals surface area contributed by atoms with Gasteiger partial charge in [0.25, 0.3) is 0 Å². The van der Waals surface area contributed by atoms with Crippen LogP contribution in [0, 0.1) is 11.7 Å². The summed E-state index contributed by atoms with van der Waals surface area (Å²) in [4.78, 5) is 11.6. The van der Waals surface area contributed by atoms with E-state index >= 15 is 0 Å². The predicted octanol–water partition coefficient (Wildman–Crippen LogP) is 3.33. The van der Waals surface area contributed by atoms with Crippen molar-refractivity contribution in [2.75, 3.05) is 5.32 Å². The van der Waals surface area contributed by atoms with Crippen molar-refractivity contribution in [3.05, 3.63) is 28.5 Å². The van der Waals surface area contributed by atoms with Crippen molar-refractivity contribution in [2.45, 2.75) is 19.3 Å². The van der Waals surface area contributed by atoms with Gasteiger partial charge in [-0.05, 0) is 40.9 Å². The monoisotopic (exact) mass is 271 g/mol. The molecule has 0 unspecified atom stereocenters. The van der Waals surface area contributed by atoms with Crippen LogP contribution in [0.25, 0.3) is 0 Å². The molecule has 1 amide bonds. The third-order valence-corrected chi connectivity index (χ3v) is 3.30. The van der Waals surface area contributed by atoms with E-state index in [0.29, 0.717) is 4.47 Å². The van der Waals surface area contributed by atoms with Gasteiger partial charge in [0.2, 0.25) is 5.91 Å². The zero-order chi connectivity index (χ0) is 10.8. The van der Waals surface area contributed by atoms with E-state index in [2.05, 4.69) is 21.2 Å². The summed E-state index contributed by atoms with van der Waals surface area (Å²) in [6.07, 6.45) is 2.93. The first-order valence-electron chi connectivity index (χ1n) is 4.93. The Balaban J connectivity index is 2.09. The first kappa shape index (κ1) is 10.6. The van der Waals surface area contributed by atoms with E-state index in [1.54, 1.807) is 18.2 Å². The number of carbonyl (C=O) groups excluding carboxylic acids is 1. The molecule has 0 radical (unpaired) electrons.